The fourth-order valence-corrected chi connectivity index (χ4v) is 10.2. The number of likely N-dealkylation sites (tertiary alicyclic amines) is 2. The first kappa shape index (κ1) is 52.5. The van der Waals surface area contributed by atoms with Crippen LogP contribution in [0.25, 0.3) is 22.5 Å². The Kier molecular flexibility index (Phi) is 15.9. The number of aromatic nitrogens is 2. The van der Waals surface area contributed by atoms with E-state index < -0.39 is 11.2 Å². The number of piperidine rings is 2. The number of carbonyl (C=O) groups is 2. The summed E-state index contributed by atoms with van der Waals surface area (Å²) in [6.07, 6.45) is 3.18. The zero-order valence-electron chi connectivity index (χ0n) is 43.0. The molecule has 2 amide bonds. The highest BCUT2D eigenvalue weighted by Crippen LogP contribution is 2.42. The van der Waals surface area contributed by atoms with E-state index in [1.807, 2.05) is 46.4 Å². The Morgan fingerprint density at radius 1 is 0.538 bits per heavy atom. The Labute approximate surface area is 405 Å². The van der Waals surface area contributed by atoms with Gasteiger partial charge in [0.2, 0.25) is 0 Å². The summed E-state index contributed by atoms with van der Waals surface area (Å²) < 4.78 is 11.8. The molecule has 0 aliphatic carbocycles. The summed E-state index contributed by atoms with van der Waals surface area (Å²) in [6, 6.07) is 13.8. The minimum Gasteiger partial charge on any atom is -0.444 e. The first-order valence-electron chi connectivity index (χ1n) is 23.6. The van der Waals surface area contributed by atoms with Gasteiger partial charge in [-0.05, 0) is 135 Å². The van der Waals surface area contributed by atoms with Gasteiger partial charge in [-0.2, -0.15) is 0 Å². The van der Waals surface area contributed by atoms with Gasteiger partial charge in [-0.1, -0.05) is 107 Å². The predicted molar refractivity (Wildman–Crippen MR) is 274 cm³/mol. The fraction of sp³-hybridized carbons (Fsp3) is 0.630. The minimum atomic E-state index is -0.473. The third-order valence-electron chi connectivity index (χ3n) is 12.0. The van der Waals surface area contributed by atoms with Crippen molar-refractivity contribution in [3.05, 3.63) is 78.4 Å². The van der Waals surface area contributed by atoms with E-state index in [0.717, 1.165) is 65.1 Å². The van der Waals surface area contributed by atoms with Crippen molar-refractivity contribution < 1.29 is 19.1 Å². The van der Waals surface area contributed by atoms with Crippen LogP contribution in [0.1, 0.15) is 194 Å². The lowest BCUT2D eigenvalue weighted by atomic mass is 9.79. The second kappa shape index (κ2) is 19.6. The Morgan fingerprint density at radius 2 is 0.892 bits per heavy atom. The van der Waals surface area contributed by atoms with Gasteiger partial charge in [-0.25, -0.2) is 19.6 Å². The highest BCUT2D eigenvalue weighted by molar-refractivity contribution is 7.16. The molecular formula is C54H79ClN4O4S2. The van der Waals surface area contributed by atoms with Crippen LogP contribution < -0.4 is 0 Å². The number of halogens is 1. The lowest BCUT2D eigenvalue weighted by Gasteiger charge is -2.32. The van der Waals surface area contributed by atoms with E-state index in [1.165, 1.54) is 32.8 Å². The molecule has 11 heteroatoms. The normalized spacial score (nSPS) is 16.3. The summed E-state index contributed by atoms with van der Waals surface area (Å²) in [7, 11) is 0. The van der Waals surface area contributed by atoms with Gasteiger partial charge < -0.3 is 19.3 Å². The largest absolute Gasteiger partial charge is 0.444 e. The number of thiazole rings is 2. The van der Waals surface area contributed by atoms with Crippen molar-refractivity contribution in [1.82, 2.24) is 19.8 Å². The lowest BCUT2D eigenvalue weighted by Crippen LogP contribution is -2.41. The first-order chi connectivity index (χ1) is 29.7. The van der Waals surface area contributed by atoms with Crippen LogP contribution in [0.2, 0.25) is 4.34 Å². The molecule has 0 bridgehead atoms. The molecule has 358 valence electrons. The number of rotatable bonds is 4. The first-order valence-corrected chi connectivity index (χ1v) is 25.7. The van der Waals surface area contributed by atoms with E-state index in [9.17, 15) is 9.59 Å². The van der Waals surface area contributed by atoms with Crippen molar-refractivity contribution in [1.29, 1.82) is 0 Å². The van der Waals surface area contributed by atoms with Gasteiger partial charge in [0.25, 0.3) is 0 Å². The van der Waals surface area contributed by atoms with Crippen molar-refractivity contribution in [2.24, 2.45) is 0 Å². The van der Waals surface area contributed by atoms with E-state index in [2.05, 4.69) is 125 Å². The molecule has 4 aromatic rings. The smallest absolute Gasteiger partial charge is 0.410 e. The minimum absolute atomic E-state index is 0.0375. The van der Waals surface area contributed by atoms with E-state index in [1.54, 1.807) is 27.6 Å². The molecule has 2 aromatic carbocycles. The second-order valence-corrected chi connectivity index (χ2v) is 26.8. The molecule has 8 nitrogen and oxygen atoms in total. The van der Waals surface area contributed by atoms with Crippen molar-refractivity contribution in [2.75, 3.05) is 26.2 Å². The van der Waals surface area contributed by atoms with E-state index >= 15 is 0 Å². The van der Waals surface area contributed by atoms with Crippen LogP contribution >= 0.6 is 34.3 Å². The Bertz CT molecular complexity index is 2210. The molecule has 2 aliphatic heterocycles. The van der Waals surface area contributed by atoms with Gasteiger partial charge in [0.05, 0.1) is 15.7 Å². The topological polar surface area (TPSA) is 84.9 Å². The van der Waals surface area contributed by atoms with Crippen LogP contribution in [0.15, 0.2) is 41.8 Å². The van der Waals surface area contributed by atoms with Crippen molar-refractivity contribution >= 4 is 46.5 Å². The van der Waals surface area contributed by atoms with Crippen LogP contribution in [-0.4, -0.2) is 69.3 Å². The molecule has 2 aliphatic rings. The van der Waals surface area contributed by atoms with Crippen LogP contribution in [-0.2, 0) is 31.1 Å². The number of ether oxygens (including phenoxy) is 2. The molecule has 2 fully saturated rings. The zero-order chi connectivity index (χ0) is 48.7. The SMILES string of the molecule is CC(C)(C)OC(=O)N1CCC(c2nc(-c3cc(C(C)(C)C)cc(C(C)(C)C)c3)c(Cl)s2)CC1.CC(C)(C)OC(=O)N1CCC(c2nc(-c3cc(C(C)(C)C)cc(C(C)(C)C)c3)cs2)CC1. The fourth-order valence-electron chi connectivity index (χ4n) is 7.82. The van der Waals surface area contributed by atoms with Gasteiger partial charge >= 0.3 is 12.2 Å². The summed E-state index contributed by atoms with van der Waals surface area (Å²) in [6.45, 7) is 41.3. The summed E-state index contributed by atoms with van der Waals surface area (Å²) in [5.41, 5.74) is 8.84. The maximum atomic E-state index is 12.4. The van der Waals surface area contributed by atoms with E-state index in [0.29, 0.717) is 24.9 Å². The third-order valence-corrected chi connectivity index (χ3v) is 14.4. The maximum absolute atomic E-state index is 12.4. The number of amides is 2. The Balaban J connectivity index is 0.000000244. The molecule has 6 rings (SSSR count). The second-order valence-electron chi connectivity index (χ2n) is 24.3. The molecule has 0 saturated carbocycles. The summed E-state index contributed by atoms with van der Waals surface area (Å²) in [5, 5.41) is 4.45. The number of benzene rings is 2. The number of nitrogens with zero attached hydrogens (tertiary/aromatic N) is 4. The van der Waals surface area contributed by atoms with Gasteiger partial charge in [-0.3, -0.25) is 0 Å². The van der Waals surface area contributed by atoms with E-state index in [-0.39, 0.29) is 33.8 Å². The Morgan fingerprint density at radius 3 is 1.25 bits per heavy atom. The molecule has 2 aromatic heterocycles. The quantitative estimate of drug-likeness (QED) is 0.203. The molecule has 0 spiro atoms. The molecule has 4 heterocycles. The Hall–Kier alpha value is -3.47. The van der Waals surface area contributed by atoms with Crippen molar-refractivity contribution in [3.63, 3.8) is 0 Å². The summed E-state index contributed by atoms with van der Waals surface area (Å²) >= 11 is 10.1. The number of hydrogen-bond donors (Lipinski definition) is 0. The summed E-state index contributed by atoms with van der Waals surface area (Å²) in [5.74, 6) is 0.716. The molecule has 0 radical (unpaired) electrons. The zero-order valence-corrected chi connectivity index (χ0v) is 45.4. The molecular weight excluding hydrogens is 868 g/mol. The maximum Gasteiger partial charge on any atom is 0.410 e. The van der Waals surface area contributed by atoms with Gasteiger partial charge in [-0.15, -0.1) is 22.7 Å². The standard InChI is InChI=1S/C27H39ClN2O2S.C27H40N2O2S/c1-25(2,3)19-14-18(15-20(16-19)26(4,5)6)21-22(28)33-23(29-21)17-10-12-30(13-11-17)24(31)32-27(7,8)9;1-25(2,3)20-14-19(15-21(16-20)26(4,5)6)22-17-32-23(28-22)18-10-12-29(13-11-18)24(30)31-27(7,8)9/h14-17H,10-13H2,1-9H3;14-18H,10-13H2,1-9H3. The van der Waals surface area contributed by atoms with Crippen molar-refractivity contribution in [2.45, 2.75) is 195 Å². The van der Waals surface area contributed by atoms with E-state index in [4.69, 9.17) is 31.0 Å². The number of carbonyl (C=O) groups excluding carboxylic acids is 2. The van der Waals surface area contributed by atoms with Gasteiger partial charge in [0, 0.05) is 54.5 Å². The third kappa shape index (κ3) is 14.5. The predicted octanol–water partition coefficient (Wildman–Crippen LogP) is 15.7. The van der Waals surface area contributed by atoms with Gasteiger partial charge in [0.15, 0.2) is 0 Å². The average molecular weight is 948 g/mol. The van der Waals surface area contributed by atoms with Crippen LogP contribution in [0.5, 0.6) is 0 Å². The van der Waals surface area contributed by atoms with Crippen LogP contribution in [0.4, 0.5) is 9.59 Å². The highest BCUT2D eigenvalue weighted by Gasteiger charge is 2.32. The molecule has 2 saturated heterocycles. The molecule has 0 N–H and O–H groups in total. The highest BCUT2D eigenvalue weighted by atomic mass is 35.5. The number of hydrogen-bond acceptors (Lipinski definition) is 8. The van der Waals surface area contributed by atoms with Crippen molar-refractivity contribution in [3.8, 4) is 22.5 Å². The van der Waals surface area contributed by atoms with Crippen LogP contribution in [0, 0.1) is 0 Å². The monoisotopic (exact) mass is 947 g/mol. The molecule has 0 unspecified atom stereocenters. The average Bonchev–Trinajstić information content (AvgIpc) is 3.83. The van der Waals surface area contributed by atoms with Crippen LogP contribution in [0.3, 0.4) is 0 Å². The summed E-state index contributed by atoms with van der Waals surface area (Å²) in [4.78, 5) is 38.5. The van der Waals surface area contributed by atoms with Gasteiger partial charge in [0.1, 0.15) is 21.2 Å². The molecule has 0 atom stereocenters. The lowest BCUT2D eigenvalue weighted by molar-refractivity contribution is 0.0194. The molecule has 65 heavy (non-hydrogen) atoms.